The third-order valence-corrected chi connectivity index (χ3v) is 6.67. The summed E-state index contributed by atoms with van der Waals surface area (Å²) in [7, 11) is 0. The lowest BCUT2D eigenvalue weighted by molar-refractivity contribution is -0.138. The Balaban J connectivity index is 1.68. The zero-order valence-corrected chi connectivity index (χ0v) is 17.1. The van der Waals surface area contributed by atoms with Gasteiger partial charge in [-0.2, -0.15) is 13.2 Å². The summed E-state index contributed by atoms with van der Waals surface area (Å²) in [6, 6.07) is 3.64. The summed E-state index contributed by atoms with van der Waals surface area (Å²) in [6.45, 7) is 3.51. The van der Waals surface area contributed by atoms with Crippen molar-refractivity contribution in [1.29, 1.82) is 0 Å². The first-order valence-electron chi connectivity index (χ1n) is 10.6. The summed E-state index contributed by atoms with van der Waals surface area (Å²) in [4.78, 5) is 29.9. The maximum Gasteiger partial charge on any atom is 0.416 e. The number of carbonyl (C=O) groups is 2. The first-order valence-corrected chi connectivity index (χ1v) is 10.6. The molecule has 2 saturated heterocycles. The average molecular weight is 424 g/mol. The number of carbonyl (C=O) groups excluding carboxylic acids is 2. The van der Waals surface area contributed by atoms with E-state index in [4.69, 9.17) is 4.74 Å². The van der Waals surface area contributed by atoms with Crippen molar-refractivity contribution in [3.8, 4) is 0 Å². The first-order chi connectivity index (χ1) is 14.2. The number of amides is 2. The second-order valence-electron chi connectivity index (χ2n) is 8.74. The molecule has 3 fully saturated rings. The molecule has 0 unspecified atom stereocenters. The minimum atomic E-state index is -4.54. The molecule has 2 amide bonds. The number of nitrogens with zero attached hydrogens (tertiary/aromatic N) is 2. The van der Waals surface area contributed by atoms with Crippen molar-refractivity contribution in [3.63, 3.8) is 0 Å². The molecular weight excluding hydrogens is 397 g/mol. The summed E-state index contributed by atoms with van der Waals surface area (Å²) in [5, 5.41) is 0. The molecule has 1 aromatic rings. The van der Waals surface area contributed by atoms with Crippen molar-refractivity contribution >= 4 is 11.8 Å². The Morgan fingerprint density at radius 3 is 2.43 bits per heavy atom. The van der Waals surface area contributed by atoms with E-state index in [1.54, 1.807) is 4.90 Å². The van der Waals surface area contributed by atoms with E-state index in [0.717, 1.165) is 37.8 Å². The van der Waals surface area contributed by atoms with Gasteiger partial charge in [0.05, 0.1) is 12.2 Å². The number of ether oxygens (including phenoxy) is 1. The Bertz CT molecular complexity index is 812. The van der Waals surface area contributed by atoms with Crippen LogP contribution in [0, 0.1) is 5.92 Å². The van der Waals surface area contributed by atoms with Crippen molar-refractivity contribution in [3.05, 3.63) is 35.4 Å². The van der Waals surface area contributed by atoms with Crippen LogP contribution in [0.2, 0.25) is 0 Å². The normalized spacial score (nSPS) is 29.6. The van der Waals surface area contributed by atoms with Crippen LogP contribution in [0.25, 0.3) is 0 Å². The van der Waals surface area contributed by atoms with E-state index >= 15 is 0 Å². The molecule has 3 aliphatic rings. The number of hydrogen-bond donors (Lipinski definition) is 0. The fourth-order valence-corrected chi connectivity index (χ4v) is 4.88. The third kappa shape index (κ3) is 3.82. The highest BCUT2D eigenvalue weighted by atomic mass is 19.4. The Hall–Kier alpha value is -2.09. The summed E-state index contributed by atoms with van der Waals surface area (Å²) in [5.41, 5.74) is -1.85. The Morgan fingerprint density at radius 1 is 1.13 bits per heavy atom. The molecule has 1 aliphatic carbocycles. The summed E-state index contributed by atoms with van der Waals surface area (Å²) in [5.74, 6) is -0.243. The van der Waals surface area contributed by atoms with E-state index in [1.165, 1.54) is 17.0 Å². The summed E-state index contributed by atoms with van der Waals surface area (Å²) < 4.78 is 45.7. The molecule has 0 bridgehead atoms. The molecule has 1 spiro atoms. The second-order valence-corrected chi connectivity index (χ2v) is 8.74. The van der Waals surface area contributed by atoms with Gasteiger partial charge in [-0.1, -0.05) is 13.0 Å². The van der Waals surface area contributed by atoms with Gasteiger partial charge in [0.1, 0.15) is 11.8 Å². The lowest BCUT2D eigenvalue weighted by Crippen LogP contribution is -2.57. The molecule has 1 atom stereocenters. The SMILES string of the molecule is CC1CCC2(CC1)OC[C@H](C(=O)N1CCCC1)N2C(=O)c1cccc(C(F)(F)F)c1. The van der Waals surface area contributed by atoms with E-state index in [9.17, 15) is 22.8 Å². The highest BCUT2D eigenvalue weighted by Gasteiger charge is 2.54. The van der Waals surface area contributed by atoms with E-state index < -0.39 is 29.4 Å². The number of benzene rings is 1. The third-order valence-electron chi connectivity index (χ3n) is 6.67. The Kier molecular flexibility index (Phi) is 5.55. The molecule has 8 heteroatoms. The predicted molar refractivity (Wildman–Crippen MR) is 104 cm³/mol. The fourth-order valence-electron chi connectivity index (χ4n) is 4.88. The molecule has 0 radical (unpaired) electrons. The van der Waals surface area contributed by atoms with Gasteiger partial charge in [-0.25, -0.2) is 0 Å². The van der Waals surface area contributed by atoms with Crippen LogP contribution in [0.5, 0.6) is 0 Å². The molecule has 0 aromatic heterocycles. The number of alkyl halides is 3. The smallest absolute Gasteiger partial charge is 0.353 e. The molecule has 0 N–H and O–H groups in total. The fraction of sp³-hybridized carbons (Fsp3) is 0.636. The number of likely N-dealkylation sites (tertiary alicyclic amines) is 1. The molecule has 2 aliphatic heterocycles. The number of rotatable bonds is 2. The van der Waals surface area contributed by atoms with E-state index in [1.807, 2.05) is 0 Å². The standard InChI is InChI=1S/C22H27F3N2O3/c1-15-7-9-21(10-8-15)27(18(14-30-21)20(29)26-11-2-3-12-26)19(28)16-5-4-6-17(13-16)22(23,24)25/h4-6,13,15,18H,2-3,7-12,14H2,1H3/t15?,18-,21?/m1/s1. The molecule has 2 heterocycles. The molecule has 30 heavy (non-hydrogen) atoms. The van der Waals surface area contributed by atoms with E-state index in [0.29, 0.717) is 31.8 Å². The van der Waals surface area contributed by atoms with Gasteiger partial charge in [-0.05, 0) is 62.6 Å². The van der Waals surface area contributed by atoms with Crippen molar-refractivity contribution in [2.24, 2.45) is 5.92 Å². The largest absolute Gasteiger partial charge is 0.416 e. The van der Waals surface area contributed by atoms with Gasteiger partial charge in [-0.15, -0.1) is 0 Å². The summed E-state index contributed by atoms with van der Waals surface area (Å²) >= 11 is 0. The van der Waals surface area contributed by atoms with Crippen LogP contribution in [0.1, 0.15) is 61.4 Å². The second kappa shape index (κ2) is 7.87. The van der Waals surface area contributed by atoms with Gasteiger partial charge in [0.15, 0.2) is 0 Å². The van der Waals surface area contributed by atoms with Gasteiger partial charge in [0.2, 0.25) is 5.91 Å². The minimum absolute atomic E-state index is 0.0625. The van der Waals surface area contributed by atoms with Crippen LogP contribution in [0.3, 0.4) is 0 Å². The Labute approximate surface area is 174 Å². The van der Waals surface area contributed by atoms with E-state index in [-0.39, 0.29) is 18.1 Å². The van der Waals surface area contributed by atoms with E-state index in [2.05, 4.69) is 6.92 Å². The van der Waals surface area contributed by atoms with Gasteiger partial charge >= 0.3 is 6.18 Å². The average Bonchev–Trinajstić information content (AvgIpc) is 3.38. The molecule has 164 valence electrons. The lowest BCUT2D eigenvalue weighted by Gasteiger charge is -2.43. The zero-order chi connectivity index (χ0) is 21.5. The van der Waals surface area contributed by atoms with Gasteiger partial charge in [-0.3, -0.25) is 14.5 Å². The monoisotopic (exact) mass is 424 g/mol. The zero-order valence-electron chi connectivity index (χ0n) is 17.1. The lowest BCUT2D eigenvalue weighted by atomic mass is 9.83. The molecule has 4 rings (SSSR count). The highest BCUT2D eigenvalue weighted by Crippen LogP contribution is 2.43. The quantitative estimate of drug-likeness (QED) is 0.719. The number of halogens is 3. The van der Waals surface area contributed by atoms with Crippen LogP contribution >= 0.6 is 0 Å². The van der Waals surface area contributed by atoms with Crippen LogP contribution in [-0.4, -0.2) is 53.1 Å². The van der Waals surface area contributed by atoms with Crippen LogP contribution in [0.15, 0.2) is 24.3 Å². The maximum absolute atomic E-state index is 13.5. The van der Waals surface area contributed by atoms with Crippen molar-refractivity contribution in [1.82, 2.24) is 9.80 Å². The molecule has 1 aromatic carbocycles. The van der Waals surface area contributed by atoms with Crippen molar-refractivity contribution in [2.45, 2.75) is 63.4 Å². The first kappa shape index (κ1) is 21.2. The van der Waals surface area contributed by atoms with Crippen LogP contribution in [-0.2, 0) is 15.7 Å². The van der Waals surface area contributed by atoms with Crippen LogP contribution < -0.4 is 0 Å². The van der Waals surface area contributed by atoms with Gasteiger partial charge in [0, 0.05) is 18.7 Å². The predicted octanol–water partition coefficient (Wildman–Crippen LogP) is 4.08. The van der Waals surface area contributed by atoms with Gasteiger partial charge < -0.3 is 9.64 Å². The van der Waals surface area contributed by atoms with Crippen LogP contribution in [0.4, 0.5) is 13.2 Å². The minimum Gasteiger partial charge on any atom is -0.353 e. The topological polar surface area (TPSA) is 49.9 Å². The molecule has 5 nitrogen and oxygen atoms in total. The maximum atomic E-state index is 13.5. The summed E-state index contributed by atoms with van der Waals surface area (Å²) in [6.07, 6.45) is 0.160. The van der Waals surface area contributed by atoms with Crippen molar-refractivity contribution < 1.29 is 27.5 Å². The number of hydrogen-bond acceptors (Lipinski definition) is 3. The molecule has 1 saturated carbocycles. The van der Waals surface area contributed by atoms with Gasteiger partial charge in [0.25, 0.3) is 5.91 Å². The molecular formula is C22H27F3N2O3. The highest BCUT2D eigenvalue weighted by molar-refractivity contribution is 5.98. The van der Waals surface area contributed by atoms with Crippen molar-refractivity contribution in [2.75, 3.05) is 19.7 Å². The Morgan fingerprint density at radius 2 is 1.80 bits per heavy atom.